The Morgan fingerprint density at radius 2 is 2.24 bits per heavy atom. The van der Waals surface area contributed by atoms with E-state index < -0.39 is 0 Å². The van der Waals surface area contributed by atoms with Crippen molar-refractivity contribution in [3.8, 4) is 0 Å². The van der Waals surface area contributed by atoms with Gasteiger partial charge in [0.25, 0.3) is 0 Å². The zero-order chi connectivity index (χ0) is 17.2. The van der Waals surface area contributed by atoms with Crippen molar-refractivity contribution < 1.29 is 4.79 Å². The van der Waals surface area contributed by atoms with Crippen molar-refractivity contribution >= 4 is 11.4 Å². The van der Waals surface area contributed by atoms with Crippen molar-refractivity contribution in [2.24, 2.45) is 0 Å². The monoisotopic (exact) mass is 335 g/mol. The second-order valence-corrected chi connectivity index (χ2v) is 6.63. The predicted octanol–water partition coefficient (Wildman–Crippen LogP) is 2.38. The largest absolute Gasteiger partial charge is 0.342 e. The second kappa shape index (κ2) is 6.63. The molecule has 25 heavy (non-hydrogen) atoms. The molecule has 1 amide bonds. The molecule has 0 radical (unpaired) electrons. The highest BCUT2D eigenvalue weighted by Crippen LogP contribution is 2.27. The molecule has 0 unspecified atom stereocenters. The molecule has 1 atom stereocenters. The highest BCUT2D eigenvalue weighted by molar-refractivity contribution is 5.78. The SMILES string of the molecule is Cc1nc([C@@H]2CCCN(C(=O)Cc3cccnc3)C2)cc2cncn12. The minimum Gasteiger partial charge on any atom is -0.342 e. The molecule has 1 aliphatic heterocycles. The summed E-state index contributed by atoms with van der Waals surface area (Å²) in [7, 11) is 0. The van der Waals surface area contributed by atoms with Crippen molar-refractivity contribution in [1.29, 1.82) is 0 Å². The molecule has 128 valence electrons. The Bertz CT molecular complexity index is 889. The normalized spacial score (nSPS) is 17.8. The lowest BCUT2D eigenvalue weighted by molar-refractivity contribution is -0.131. The lowest BCUT2D eigenvalue weighted by Gasteiger charge is -2.32. The highest BCUT2D eigenvalue weighted by Gasteiger charge is 2.26. The van der Waals surface area contributed by atoms with Gasteiger partial charge in [0.2, 0.25) is 5.91 Å². The minimum absolute atomic E-state index is 0.167. The van der Waals surface area contributed by atoms with E-state index in [1.54, 1.807) is 18.7 Å². The van der Waals surface area contributed by atoms with Gasteiger partial charge in [0.05, 0.1) is 18.1 Å². The first-order valence-electron chi connectivity index (χ1n) is 8.67. The molecule has 0 aromatic carbocycles. The summed E-state index contributed by atoms with van der Waals surface area (Å²) >= 11 is 0. The fraction of sp³-hybridized carbons (Fsp3) is 0.368. The molecule has 0 N–H and O–H groups in total. The quantitative estimate of drug-likeness (QED) is 0.737. The van der Waals surface area contributed by atoms with Crippen LogP contribution < -0.4 is 0 Å². The van der Waals surface area contributed by atoms with Gasteiger partial charge in [0.1, 0.15) is 12.2 Å². The topological polar surface area (TPSA) is 63.4 Å². The van der Waals surface area contributed by atoms with E-state index in [4.69, 9.17) is 4.98 Å². The van der Waals surface area contributed by atoms with Crippen LogP contribution in [0.2, 0.25) is 0 Å². The van der Waals surface area contributed by atoms with E-state index in [1.165, 1.54) is 0 Å². The molecule has 4 heterocycles. The van der Waals surface area contributed by atoms with Crippen LogP contribution >= 0.6 is 0 Å². The van der Waals surface area contributed by atoms with E-state index in [9.17, 15) is 4.79 Å². The fourth-order valence-corrected chi connectivity index (χ4v) is 3.55. The molecule has 0 saturated carbocycles. The third kappa shape index (κ3) is 3.24. The third-order valence-electron chi connectivity index (χ3n) is 4.87. The first-order chi connectivity index (χ1) is 12.2. The number of piperidine rings is 1. The first-order valence-corrected chi connectivity index (χ1v) is 8.67. The summed E-state index contributed by atoms with van der Waals surface area (Å²) in [4.78, 5) is 27.6. The fourth-order valence-electron chi connectivity index (χ4n) is 3.55. The molecular formula is C19H21N5O. The first kappa shape index (κ1) is 15.7. The zero-order valence-electron chi connectivity index (χ0n) is 14.3. The summed E-state index contributed by atoms with van der Waals surface area (Å²) in [6.07, 6.45) is 9.61. The van der Waals surface area contributed by atoms with Crippen LogP contribution in [0.15, 0.2) is 43.1 Å². The van der Waals surface area contributed by atoms with Crippen LogP contribution in [0.25, 0.3) is 5.52 Å². The Morgan fingerprint density at radius 1 is 1.32 bits per heavy atom. The smallest absolute Gasteiger partial charge is 0.227 e. The molecule has 6 nitrogen and oxygen atoms in total. The number of aromatic nitrogens is 4. The van der Waals surface area contributed by atoms with Crippen molar-refractivity contribution in [1.82, 2.24) is 24.3 Å². The zero-order valence-corrected chi connectivity index (χ0v) is 14.3. The number of pyridine rings is 1. The molecule has 6 heteroatoms. The Labute approximate surface area is 146 Å². The Kier molecular flexibility index (Phi) is 4.17. The molecule has 3 aromatic rings. The number of aryl methyl sites for hydroxylation is 1. The summed E-state index contributed by atoms with van der Waals surface area (Å²) < 4.78 is 1.98. The number of imidazole rings is 1. The summed E-state index contributed by atoms with van der Waals surface area (Å²) in [5, 5.41) is 0. The summed E-state index contributed by atoms with van der Waals surface area (Å²) in [6, 6.07) is 5.92. The maximum atomic E-state index is 12.6. The number of likely N-dealkylation sites (tertiary alicyclic amines) is 1. The number of rotatable bonds is 3. The van der Waals surface area contributed by atoms with Crippen LogP contribution in [0, 0.1) is 6.92 Å². The van der Waals surface area contributed by atoms with Crippen LogP contribution in [-0.4, -0.2) is 43.2 Å². The van der Waals surface area contributed by atoms with Gasteiger partial charge in [-0.15, -0.1) is 0 Å². The van der Waals surface area contributed by atoms with Crippen LogP contribution in [-0.2, 0) is 11.2 Å². The van der Waals surface area contributed by atoms with Gasteiger partial charge in [-0.1, -0.05) is 6.07 Å². The molecule has 1 aliphatic rings. The Balaban J connectivity index is 1.51. The van der Waals surface area contributed by atoms with Crippen LogP contribution in [0.5, 0.6) is 0 Å². The van der Waals surface area contributed by atoms with E-state index in [0.29, 0.717) is 6.42 Å². The standard InChI is InChI=1S/C19H21N5O/c1-14-22-18(9-17-11-21-13-24(14)17)16-5-3-7-23(12-16)19(25)8-15-4-2-6-20-10-15/h2,4,6,9-11,13,16H,3,5,7-8,12H2,1H3/t16-/m1/s1. The molecule has 0 aliphatic carbocycles. The van der Waals surface area contributed by atoms with E-state index in [2.05, 4.69) is 16.0 Å². The van der Waals surface area contributed by atoms with Gasteiger partial charge in [-0.05, 0) is 37.5 Å². The number of fused-ring (bicyclic) bond motifs is 1. The lowest BCUT2D eigenvalue weighted by atomic mass is 9.94. The van der Waals surface area contributed by atoms with Gasteiger partial charge in [-0.2, -0.15) is 0 Å². The number of amides is 1. The van der Waals surface area contributed by atoms with Gasteiger partial charge in [-0.25, -0.2) is 9.97 Å². The number of carbonyl (C=O) groups excluding carboxylic acids is 1. The van der Waals surface area contributed by atoms with E-state index in [1.807, 2.05) is 34.6 Å². The van der Waals surface area contributed by atoms with Crippen molar-refractivity contribution in [3.63, 3.8) is 0 Å². The summed E-state index contributed by atoms with van der Waals surface area (Å²) in [6.45, 7) is 3.55. The average molecular weight is 335 g/mol. The predicted molar refractivity (Wildman–Crippen MR) is 94.2 cm³/mol. The van der Waals surface area contributed by atoms with E-state index in [-0.39, 0.29) is 11.8 Å². The third-order valence-corrected chi connectivity index (χ3v) is 4.87. The Hall–Kier alpha value is -2.76. The van der Waals surface area contributed by atoms with E-state index >= 15 is 0 Å². The molecule has 1 fully saturated rings. The summed E-state index contributed by atoms with van der Waals surface area (Å²) in [5.74, 6) is 1.38. The molecule has 3 aromatic heterocycles. The van der Waals surface area contributed by atoms with Crippen LogP contribution in [0.4, 0.5) is 0 Å². The van der Waals surface area contributed by atoms with Crippen molar-refractivity contribution in [3.05, 3.63) is 60.2 Å². The molecule has 1 saturated heterocycles. The van der Waals surface area contributed by atoms with Crippen LogP contribution in [0.1, 0.15) is 35.8 Å². The number of nitrogens with zero attached hydrogens (tertiary/aromatic N) is 5. The van der Waals surface area contributed by atoms with Gasteiger partial charge in [-0.3, -0.25) is 14.2 Å². The number of carbonyl (C=O) groups is 1. The second-order valence-electron chi connectivity index (χ2n) is 6.63. The van der Waals surface area contributed by atoms with Crippen molar-refractivity contribution in [2.75, 3.05) is 13.1 Å². The lowest BCUT2D eigenvalue weighted by Crippen LogP contribution is -2.40. The van der Waals surface area contributed by atoms with E-state index in [0.717, 1.165) is 48.5 Å². The van der Waals surface area contributed by atoms with Crippen molar-refractivity contribution in [2.45, 2.75) is 32.1 Å². The Morgan fingerprint density at radius 3 is 3.08 bits per heavy atom. The summed E-state index contributed by atoms with van der Waals surface area (Å²) in [5.41, 5.74) is 3.08. The minimum atomic E-state index is 0.167. The highest BCUT2D eigenvalue weighted by atomic mass is 16.2. The van der Waals surface area contributed by atoms with Gasteiger partial charge < -0.3 is 4.90 Å². The van der Waals surface area contributed by atoms with Gasteiger partial charge in [0, 0.05) is 37.1 Å². The average Bonchev–Trinajstić information content (AvgIpc) is 3.12. The van der Waals surface area contributed by atoms with Gasteiger partial charge in [0.15, 0.2) is 0 Å². The maximum Gasteiger partial charge on any atom is 0.227 e. The van der Waals surface area contributed by atoms with Crippen LogP contribution in [0.3, 0.4) is 0 Å². The molecule has 4 rings (SSSR count). The van der Waals surface area contributed by atoms with Gasteiger partial charge >= 0.3 is 0 Å². The maximum absolute atomic E-state index is 12.6. The number of hydrogen-bond donors (Lipinski definition) is 0. The molecule has 0 spiro atoms. The molecular weight excluding hydrogens is 314 g/mol. The molecule has 0 bridgehead atoms. The number of hydrogen-bond acceptors (Lipinski definition) is 4.